The van der Waals surface area contributed by atoms with Crippen molar-refractivity contribution in [3.05, 3.63) is 30.7 Å². The van der Waals surface area contributed by atoms with Gasteiger partial charge in [-0.3, -0.25) is 0 Å². The van der Waals surface area contributed by atoms with Crippen molar-refractivity contribution < 1.29 is 0 Å². The Bertz CT molecular complexity index is 145. The lowest BCUT2D eigenvalue weighted by atomic mass is 10.1. The van der Waals surface area contributed by atoms with Gasteiger partial charge in [0.05, 0.1) is 0 Å². The van der Waals surface area contributed by atoms with Crippen molar-refractivity contribution in [2.24, 2.45) is 0 Å². The lowest BCUT2D eigenvalue weighted by Crippen LogP contribution is -1.79. The molecule has 14 heavy (non-hydrogen) atoms. The van der Waals surface area contributed by atoms with Crippen LogP contribution < -0.4 is 0 Å². The van der Waals surface area contributed by atoms with Gasteiger partial charge >= 0.3 is 0 Å². The molecule has 1 aliphatic rings. The number of hydrogen-bond acceptors (Lipinski definition) is 0. The van der Waals surface area contributed by atoms with E-state index < -0.39 is 0 Å². The second-order valence-corrected chi connectivity index (χ2v) is 4.06. The molecule has 0 heteroatoms. The van der Waals surface area contributed by atoms with E-state index >= 15 is 0 Å². The molecule has 0 aromatic carbocycles. The Morgan fingerprint density at radius 3 is 1.86 bits per heavy atom. The van der Waals surface area contributed by atoms with Gasteiger partial charge in [0.2, 0.25) is 0 Å². The molecule has 0 aromatic heterocycles. The maximum atomic E-state index is 2.37. The summed E-state index contributed by atoms with van der Waals surface area (Å²) in [5.41, 5.74) is 0. The topological polar surface area (TPSA) is 0 Å². The largest absolute Gasteiger partial charge is 0.0885 e. The van der Waals surface area contributed by atoms with Crippen molar-refractivity contribution in [3.63, 3.8) is 0 Å². The Balaban J connectivity index is 2.16. The third-order valence-corrected chi connectivity index (χ3v) is 2.67. The molecule has 0 N–H and O–H groups in total. The quantitative estimate of drug-likeness (QED) is 0.481. The van der Waals surface area contributed by atoms with Crippen LogP contribution in [-0.4, -0.2) is 0 Å². The van der Waals surface area contributed by atoms with Crippen molar-refractivity contribution in [3.8, 4) is 0 Å². The molecule has 0 aliphatic heterocycles. The van der Waals surface area contributed by atoms with Crippen LogP contribution in [0.4, 0.5) is 0 Å². The highest BCUT2D eigenvalue weighted by Crippen LogP contribution is 2.09. The van der Waals surface area contributed by atoms with Gasteiger partial charge in [-0.25, -0.2) is 0 Å². The summed E-state index contributed by atoms with van der Waals surface area (Å²) in [5.74, 6) is 0. The molecule has 0 unspecified atom stereocenters. The summed E-state index contributed by atoms with van der Waals surface area (Å²) in [4.78, 5) is 0. The van der Waals surface area contributed by atoms with E-state index in [9.17, 15) is 0 Å². The summed E-state index contributed by atoms with van der Waals surface area (Å²) in [5, 5.41) is 0. The number of allylic oxidation sites excluding steroid dienone is 4. The van der Waals surface area contributed by atoms with Crippen molar-refractivity contribution in [2.45, 2.75) is 57.8 Å². The number of rotatable bonds is 0. The summed E-state index contributed by atoms with van der Waals surface area (Å²) >= 11 is 0. The van der Waals surface area contributed by atoms with Crippen LogP contribution in [0, 0.1) is 6.42 Å². The van der Waals surface area contributed by atoms with Crippen molar-refractivity contribution in [2.75, 3.05) is 0 Å². The molecule has 1 aliphatic carbocycles. The first-order valence-electron chi connectivity index (χ1n) is 6.13. The first-order valence-corrected chi connectivity index (χ1v) is 6.13. The zero-order chi connectivity index (χ0) is 9.90. The zero-order valence-electron chi connectivity index (χ0n) is 9.25. The number of hydrogen-bond donors (Lipinski definition) is 0. The van der Waals surface area contributed by atoms with E-state index in [1.54, 1.807) is 0 Å². The second-order valence-electron chi connectivity index (χ2n) is 4.06. The van der Waals surface area contributed by atoms with Crippen LogP contribution in [0.1, 0.15) is 57.8 Å². The molecule has 0 heterocycles. The van der Waals surface area contributed by atoms with Crippen LogP contribution in [0.2, 0.25) is 0 Å². The zero-order valence-corrected chi connectivity index (χ0v) is 9.25. The molecule has 0 saturated heterocycles. The molecule has 79 valence electrons. The van der Waals surface area contributed by atoms with Gasteiger partial charge in [-0.2, -0.15) is 0 Å². The molecule has 0 bridgehead atoms. The molecule has 0 fully saturated rings. The van der Waals surface area contributed by atoms with Gasteiger partial charge in [-0.1, -0.05) is 37.1 Å². The molecular weight excluding hydrogens is 168 g/mol. The third kappa shape index (κ3) is 6.94. The average Bonchev–Trinajstić information content (AvgIpc) is 2.22. The van der Waals surface area contributed by atoms with Gasteiger partial charge in [0.15, 0.2) is 0 Å². The molecule has 0 aromatic rings. The molecule has 0 saturated carbocycles. The minimum atomic E-state index is 1.25. The fraction of sp³-hybridized carbons (Fsp3) is 0.643. The Kier molecular flexibility index (Phi) is 7.47. The standard InChI is InChI=1S/C14H23/c1-2-4-6-8-10-12-14-13-11-9-7-5-3-1/h1-3,12,14H,4-11,13H2. The Morgan fingerprint density at radius 1 is 0.500 bits per heavy atom. The van der Waals surface area contributed by atoms with Gasteiger partial charge in [0.1, 0.15) is 0 Å². The second kappa shape index (κ2) is 9.05. The first-order chi connectivity index (χ1) is 7.00. The molecule has 0 atom stereocenters. The van der Waals surface area contributed by atoms with Crippen LogP contribution in [0.15, 0.2) is 24.3 Å². The molecule has 1 radical (unpaired) electrons. The van der Waals surface area contributed by atoms with Crippen molar-refractivity contribution in [1.29, 1.82) is 0 Å². The lowest BCUT2D eigenvalue weighted by Gasteiger charge is -1.98. The predicted octanol–water partition coefficient (Wildman–Crippen LogP) is 4.83. The van der Waals surface area contributed by atoms with Crippen LogP contribution >= 0.6 is 0 Å². The predicted molar refractivity (Wildman–Crippen MR) is 64.1 cm³/mol. The molecule has 0 spiro atoms. The van der Waals surface area contributed by atoms with E-state index in [-0.39, 0.29) is 0 Å². The third-order valence-electron chi connectivity index (χ3n) is 2.67. The van der Waals surface area contributed by atoms with Crippen LogP contribution in [-0.2, 0) is 0 Å². The summed E-state index contributed by atoms with van der Waals surface area (Å²) in [6.07, 6.45) is 23.5. The van der Waals surface area contributed by atoms with E-state index in [0.29, 0.717) is 0 Å². The summed E-state index contributed by atoms with van der Waals surface area (Å²) in [7, 11) is 0. The van der Waals surface area contributed by atoms with Gasteiger partial charge < -0.3 is 0 Å². The molecule has 0 amide bonds. The van der Waals surface area contributed by atoms with Crippen molar-refractivity contribution >= 4 is 0 Å². The van der Waals surface area contributed by atoms with Gasteiger partial charge in [-0.05, 0) is 51.4 Å². The summed E-state index contributed by atoms with van der Waals surface area (Å²) in [6.45, 7) is 0. The van der Waals surface area contributed by atoms with Gasteiger partial charge in [0.25, 0.3) is 0 Å². The highest BCUT2D eigenvalue weighted by molar-refractivity contribution is 4.94. The smallest absolute Gasteiger partial charge is 0.0171 e. The average molecular weight is 191 g/mol. The van der Waals surface area contributed by atoms with E-state index in [1.165, 1.54) is 57.8 Å². The van der Waals surface area contributed by atoms with Crippen LogP contribution in [0.5, 0.6) is 0 Å². The first kappa shape index (κ1) is 11.6. The maximum absolute atomic E-state index is 2.37. The molecule has 1 rings (SSSR count). The Morgan fingerprint density at radius 2 is 1.07 bits per heavy atom. The Hall–Kier alpha value is -0.520. The summed E-state index contributed by atoms with van der Waals surface area (Å²) in [6, 6.07) is 0. The Labute approximate surface area is 89.1 Å². The van der Waals surface area contributed by atoms with E-state index in [0.717, 1.165) is 0 Å². The van der Waals surface area contributed by atoms with E-state index in [2.05, 4.69) is 30.7 Å². The van der Waals surface area contributed by atoms with Gasteiger partial charge in [-0.15, -0.1) is 0 Å². The minimum absolute atomic E-state index is 1.25. The van der Waals surface area contributed by atoms with Crippen molar-refractivity contribution in [1.82, 2.24) is 0 Å². The van der Waals surface area contributed by atoms with E-state index in [1.807, 2.05) is 0 Å². The molecular formula is C14H23. The van der Waals surface area contributed by atoms with Gasteiger partial charge in [0, 0.05) is 0 Å². The monoisotopic (exact) mass is 191 g/mol. The fourth-order valence-corrected chi connectivity index (χ4v) is 1.75. The highest BCUT2D eigenvalue weighted by Gasteiger charge is 1.89. The SMILES string of the molecule is [CH]1C=CCCCCC=CCCCCC1. The molecule has 0 nitrogen and oxygen atoms in total. The maximum Gasteiger partial charge on any atom is -0.0171 e. The minimum Gasteiger partial charge on any atom is -0.0885 e. The lowest BCUT2D eigenvalue weighted by molar-refractivity contribution is 0.682. The van der Waals surface area contributed by atoms with E-state index in [4.69, 9.17) is 0 Å². The van der Waals surface area contributed by atoms with Crippen LogP contribution in [0.25, 0.3) is 0 Å². The summed E-state index contributed by atoms with van der Waals surface area (Å²) < 4.78 is 0. The fourth-order valence-electron chi connectivity index (χ4n) is 1.75. The normalized spacial score (nSPS) is 21.7. The highest BCUT2D eigenvalue weighted by atomic mass is 14.0. The van der Waals surface area contributed by atoms with Crippen LogP contribution in [0.3, 0.4) is 0 Å².